The van der Waals surface area contributed by atoms with Crippen LogP contribution in [0.4, 0.5) is 4.79 Å². The van der Waals surface area contributed by atoms with Crippen LogP contribution in [0.2, 0.25) is 0 Å². The topological polar surface area (TPSA) is 92.7 Å². The summed E-state index contributed by atoms with van der Waals surface area (Å²) in [5, 5.41) is 17.0. The van der Waals surface area contributed by atoms with Crippen molar-refractivity contribution in [2.75, 3.05) is 5.75 Å². The lowest BCUT2D eigenvalue weighted by Gasteiger charge is -2.56. The van der Waals surface area contributed by atoms with E-state index in [1.807, 2.05) is 72.9 Å². The third kappa shape index (κ3) is 6.78. The number of urea groups is 1. The average molecular weight is 600 g/mol. The molecule has 0 spiro atoms. The number of pyridine rings is 1. The Morgan fingerprint density at radius 2 is 1.53 bits per heavy atom. The minimum Gasteiger partial charge on any atom is -0.392 e. The number of amides is 2. The van der Waals surface area contributed by atoms with E-state index in [1.165, 1.54) is 19.3 Å². The van der Waals surface area contributed by atoms with E-state index in [9.17, 15) is 9.90 Å². The van der Waals surface area contributed by atoms with Crippen LogP contribution in [0.5, 0.6) is 0 Å². The van der Waals surface area contributed by atoms with Crippen LogP contribution in [0.25, 0.3) is 0 Å². The fourth-order valence-electron chi connectivity index (χ4n) is 8.16. The smallest absolute Gasteiger partial charge is 0.315 e. The molecule has 43 heavy (non-hydrogen) atoms. The summed E-state index contributed by atoms with van der Waals surface area (Å²) < 4.78 is 13.0. The lowest BCUT2D eigenvalue weighted by atomic mass is 9.53. The minimum atomic E-state index is -0.507. The number of ether oxygens (including phenoxy) is 2. The first kappa shape index (κ1) is 28.8. The summed E-state index contributed by atoms with van der Waals surface area (Å²) in [6.45, 7) is 0.500. The molecule has 2 amide bonds. The molecular formula is C35H41N3O4S. The van der Waals surface area contributed by atoms with E-state index < -0.39 is 6.29 Å². The normalized spacial score (nSPS) is 31.1. The highest BCUT2D eigenvalue weighted by Gasteiger charge is 2.51. The maximum Gasteiger partial charge on any atom is 0.315 e. The molecule has 5 fully saturated rings. The second kappa shape index (κ2) is 12.6. The van der Waals surface area contributed by atoms with Crippen LogP contribution >= 0.6 is 11.8 Å². The first-order valence-electron chi connectivity index (χ1n) is 15.7. The van der Waals surface area contributed by atoms with Crippen molar-refractivity contribution in [2.24, 2.45) is 17.8 Å². The number of rotatable bonds is 9. The van der Waals surface area contributed by atoms with Crippen LogP contribution in [0.3, 0.4) is 0 Å². The molecule has 226 valence electrons. The Balaban J connectivity index is 0.982. The molecule has 8 heteroatoms. The molecule has 7 nitrogen and oxygen atoms in total. The third-order valence-electron chi connectivity index (χ3n) is 9.79. The van der Waals surface area contributed by atoms with Gasteiger partial charge in [-0.2, -0.15) is 0 Å². The van der Waals surface area contributed by atoms with Gasteiger partial charge < -0.3 is 25.2 Å². The highest BCUT2D eigenvalue weighted by molar-refractivity contribution is 7.99. The summed E-state index contributed by atoms with van der Waals surface area (Å²) in [5.74, 6) is 3.17. The zero-order valence-electron chi connectivity index (χ0n) is 24.5. The van der Waals surface area contributed by atoms with Gasteiger partial charge in [0.25, 0.3) is 0 Å². The molecule has 3 atom stereocenters. The van der Waals surface area contributed by atoms with Crippen LogP contribution in [-0.4, -0.2) is 33.5 Å². The molecule has 3 aromatic rings. The van der Waals surface area contributed by atoms with Gasteiger partial charge in [-0.15, -0.1) is 11.8 Å². The molecule has 4 bridgehead atoms. The number of aromatic nitrogens is 1. The minimum absolute atomic E-state index is 0.0126. The number of aliphatic hydroxyl groups excluding tert-OH is 1. The lowest BCUT2D eigenvalue weighted by molar-refractivity contribution is -0.245. The summed E-state index contributed by atoms with van der Waals surface area (Å²) in [5.41, 5.74) is 3.96. The molecular weight excluding hydrogens is 558 g/mol. The first-order valence-corrected chi connectivity index (χ1v) is 16.7. The van der Waals surface area contributed by atoms with Gasteiger partial charge in [0.15, 0.2) is 6.29 Å². The maximum atomic E-state index is 12.9. The van der Waals surface area contributed by atoms with Crippen LogP contribution in [0.15, 0.2) is 78.0 Å². The maximum absolute atomic E-state index is 12.9. The molecule has 2 aromatic carbocycles. The monoisotopic (exact) mass is 599 g/mol. The number of hydrogen-bond donors (Lipinski definition) is 3. The molecule has 1 saturated heterocycles. The summed E-state index contributed by atoms with van der Waals surface area (Å²) in [4.78, 5) is 17.4. The summed E-state index contributed by atoms with van der Waals surface area (Å²) in [6.07, 6.45) is 9.42. The van der Waals surface area contributed by atoms with Crippen molar-refractivity contribution < 1.29 is 19.4 Å². The third-order valence-corrected chi connectivity index (χ3v) is 10.9. The van der Waals surface area contributed by atoms with Crippen molar-refractivity contribution in [2.45, 2.75) is 87.2 Å². The van der Waals surface area contributed by atoms with Crippen molar-refractivity contribution in [1.29, 1.82) is 0 Å². The van der Waals surface area contributed by atoms with E-state index in [4.69, 9.17) is 9.47 Å². The fourth-order valence-corrected chi connectivity index (χ4v) is 9.04. The molecule has 1 aliphatic heterocycles. The fraction of sp³-hybridized carbons (Fsp3) is 0.486. The number of aliphatic hydroxyl groups is 1. The van der Waals surface area contributed by atoms with Gasteiger partial charge in [0.1, 0.15) is 0 Å². The number of nitrogens with zero attached hydrogens (tertiary/aromatic N) is 1. The largest absolute Gasteiger partial charge is 0.392 e. The number of thioether (sulfide) groups is 1. The molecule has 1 aromatic heterocycles. The van der Waals surface area contributed by atoms with Gasteiger partial charge in [0.2, 0.25) is 0 Å². The van der Waals surface area contributed by atoms with Gasteiger partial charge in [0.05, 0.1) is 23.8 Å². The highest BCUT2D eigenvalue weighted by Crippen LogP contribution is 2.55. The quantitative estimate of drug-likeness (QED) is 0.238. The zero-order chi connectivity index (χ0) is 29.2. The van der Waals surface area contributed by atoms with Crippen LogP contribution in [0, 0.1) is 17.8 Å². The highest BCUT2D eigenvalue weighted by atomic mass is 32.2. The van der Waals surface area contributed by atoms with Gasteiger partial charge in [0, 0.05) is 36.0 Å². The van der Waals surface area contributed by atoms with Gasteiger partial charge in [-0.3, -0.25) is 0 Å². The number of nitrogens with one attached hydrogen (secondary N) is 2. The number of carbonyl (C=O) groups is 1. The lowest BCUT2D eigenvalue weighted by Crippen LogP contribution is -2.61. The number of carbonyl (C=O) groups excluding carboxylic acids is 1. The van der Waals surface area contributed by atoms with Crippen LogP contribution in [0.1, 0.15) is 79.6 Å². The Labute approximate surface area is 258 Å². The molecule has 0 unspecified atom stereocenters. The van der Waals surface area contributed by atoms with Gasteiger partial charge in [-0.25, -0.2) is 9.78 Å². The van der Waals surface area contributed by atoms with E-state index in [-0.39, 0.29) is 30.4 Å². The van der Waals surface area contributed by atoms with Gasteiger partial charge in [-0.1, -0.05) is 54.6 Å². The molecule has 5 aliphatic rings. The Bertz CT molecular complexity index is 1350. The van der Waals surface area contributed by atoms with E-state index in [1.54, 1.807) is 11.8 Å². The van der Waals surface area contributed by atoms with Crippen LogP contribution < -0.4 is 10.6 Å². The predicted molar refractivity (Wildman–Crippen MR) is 166 cm³/mol. The second-order valence-corrected chi connectivity index (χ2v) is 14.1. The first-order chi connectivity index (χ1) is 21.0. The Morgan fingerprint density at radius 1 is 0.860 bits per heavy atom. The number of benzene rings is 2. The molecule has 3 N–H and O–H groups in total. The summed E-state index contributed by atoms with van der Waals surface area (Å²) in [7, 11) is 0. The Kier molecular flexibility index (Phi) is 8.45. The van der Waals surface area contributed by atoms with Gasteiger partial charge >= 0.3 is 6.03 Å². The van der Waals surface area contributed by atoms with Crippen molar-refractivity contribution in [1.82, 2.24) is 15.6 Å². The van der Waals surface area contributed by atoms with Gasteiger partial charge in [-0.05, 0) is 85.1 Å². The molecule has 0 radical (unpaired) electrons. The van der Waals surface area contributed by atoms with Crippen molar-refractivity contribution in [3.05, 3.63) is 95.2 Å². The second-order valence-electron chi connectivity index (χ2n) is 13.1. The van der Waals surface area contributed by atoms with Crippen molar-refractivity contribution in [3.8, 4) is 0 Å². The average Bonchev–Trinajstić information content (AvgIpc) is 3.02. The standard InChI is InChI=1S/C35H41N3O4S/c39-21-24-6-8-28(9-7-24)31-16-30(22-43-32-3-1-2-12-36-32)41-33(42-31)29-10-4-23(5-11-29)20-37-34(40)38-35-17-25-13-26(18-35)15-27(14-25)19-35/h1-12,25-27,30-31,33,39H,13-22H2,(H2,37,38,40)/t25?,26?,27?,30-,31+,33+,35?/m1/s1. The van der Waals surface area contributed by atoms with E-state index in [0.29, 0.717) is 6.54 Å². The van der Waals surface area contributed by atoms with Crippen molar-refractivity contribution in [3.63, 3.8) is 0 Å². The molecule has 8 rings (SSSR count). The van der Waals surface area contributed by atoms with Crippen molar-refractivity contribution >= 4 is 17.8 Å². The van der Waals surface area contributed by atoms with E-state index in [0.717, 1.165) is 76.5 Å². The number of hydrogen-bond acceptors (Lipinski definition) is 6. The Hall–Kier alpha value is -2.91. The SMILES string of the molecule is O=C(NCc1ccc([C@H]2O[C@@H](CSc3ccccn3)C[C@@H](c3ccc(CO)cc3)O2)cc1)NC12CC3CC(CC(C3)C1)C2. The molecule has 4 saturated carbocycles. The molecule has 4 aliphatic carbocycles. The summed E-state index contributed by atoms with van der Waals surface area (Å²) >= 11 is 1.69. The zero-order valence-corrected chi connectivity index (χ0v) is 25.3. The van der Waals surface area contributed by atoms with E-state index in [2.05, 4.69) is 15.6 Å². The Morgan fingerprint density at radius 3 is 2.19 bits per heavy atom. The van der Waals surface area contributed by atoms with E-state index >= 15 is 0 Å². The predicted octanol–water partition coefficient (Wildman–Crippen LogP) is 6.68. The summed E-state index contributed by atoms with van der Waals surface area (Å²) in [6, 6.07) is 22.0. The van der Waals surface area contributed by atoms with Crippen LogP contribution in [-0.2, 0) is 22.6 Å². The molecule has 2 heterocycles.